The molecule has 1 rings (SSSR count). The molecule has 0 aromatic carbocycles. The van der Waals surface area contributed by atoms with Crippen LogP contribution in [0.5, 0.6) is 0 Å². The van der Waals surface area contributed by atoms with Gasteiger partial charge in [0.1, 0.15) is 0 Å². The van der Waals surface area contributed by atoms with Crippen LogP contribution in [0.15, 0.2) is 0 Å². The van der Waals surface area contributed by atoms with E-state index in [1.54, 1.807) is 4.90 Å². The molecule has 0 aromatic heterocycles. The van der Waals surface area contributed by atoms with Gasteiger partial charge in [-0.15, -0.1) is 0 Å². The van der Waals surface area contributed by atoms with Crippen molar-refractivity contribution in [2.75, 3.05) is 26.2 Å². The summed E-state index contributed by atoms with van der Waals surface area (Å²) in [6, 6.07) is -0.118. The molecule has 1 fully saturated rings. The van der Waals surface area contributed by atoms with E-state index in [9.17, 15) is 9.59 Å². The standard InChI is InChI=1S/C12H23N3O2/c1-3-5-6-14-11(16)9-15-8-7-13-10(4-2)12(15)17/h10,13H,3-9H2,1-2H3,(H,14,16). The number of unbranched alkanes of at least 4 members (excludes halogenated alkanes) is 1. The van der Waals surface area contributed by atoms with E-state index in [0.717, 1.165) is 25.8 Å². The number of hydrogen-bond acceptors (Lipinski definition) is 3. The predicted octanol–water partition coefficient (Wildman–Crippen LogP) is 0.113. The fraction of sp³-hybridized carbons (Fsp3) is 0.833. The van der Waals surface area contributed by atoms with Gasteiger partial charge in [0.05, 0.1) is 12.6 Å². The molecular formula is C12H23N3O2. The summed E-state index contributed by atoms with van der Waals surface area (Å²) in [6.45, 7) is 6.34. The average Bonchev–Trinajstić information content (AvgIpc) is 2.32. The van der Waals surface area contributed by atoms with Crippen LogP contribution in [0, 0.1) is 0 Å². The molecule has 0 saturated carbocycles. The zero-order chi connectivity index (χ0) is 12.7. The largest absolute Gasteiger partial charge is 0.355 e. The normalized spacial score (nSPS) is 20.5. The number of nitrogens with zero attached hydrogens (tertiary/aromatic N) is 1. The lowest BCUT2D eigenvalue weighted by atomic mass is 10.1. The minimum Gasteiger partial charge on any atom is -0.355 e. The SMILES string of the molecule is CCCCNC(=O)CN1CCNC(CC)C1=O. The number of piperazine rings is 1. The fourth-order valence-electron chi connectivity index (χ4n) is 1.90. The van der Waals surface area contributed by atoms with Crippen molar-refractivity contribution in [1.82, 2.24) is 15.5 Å². The first-order valence-electron chi connectivity index (χ1n) is 6.47. The maximum atomic E-state index is 11.9. The Bertz CT molecular complexity index is 268. The first kappa shape index (κ1) is 14.0. The molecule has 2 N–H and O–H groups in total. The molecule has 17 heavy (non-hydrogen) atoms. The molecule has 1 aliphatic heterocycles. The van der Waals surface area contributed by atoms with Crippen LogP contribution in [0.25, 0.3) is 0 Å². The molecule has 0 radical (unpaired) electrons. The van der Waals surface area contributed by atoms with Gasteiger partial charge >= 0.3 is 0 Å². The molecule has 0 aliphatic carbocycles. The number of carbonyl (C=O) groups excluding carboxylic acids is 2. The van der Waals surface area contributed by atoms with E-state index in [-0.39, 0.29) is 24.4 Å². The van der Waals surface area contributed by atoms with Gasteiger partial charge in [0.15, 0.2) is 0 Å². The van der Waals surface area contributed by atoms with Crippen LogP contribution in [-0.2, 0) is 9.59 Å². The van der Waals surface area contributed by atoms with Crippen LogP contribution in [0.3, 0.4) is 0 Å². The second-order valence-corrected chi connectivity index (χ2v) is 4.38. The second-order valence-electron chi connectivity index (χ2n) is 4.38. The third kappa shape index (κ3) is 4.34. The summed E-state index contributed by atoms with van der Waals surface area (Å²) in [4.78, 5) is 25.2. The summed E-state index contributed by atoms with van der Waals surface area (Å²) < 4.78 is 0. The quantitative estimate of drug-likeness (QED) is 0.649. The first-order valence-corrected chi connectivity index (χ1v) is 6.47. The van der Waals surface area contributed by atoms with Crippen LogP contribution in [0.1, 0.15) is 33.1 Å². The van der Waals surface area contributed by atoms with Gasteiger partial charge < -0.3 is 15.5 Å². The lowest BCUT2D eigenvalue weighted by Crippen LogP contribution is -2.56. The molecule has 1 saturated heterocycles. The van der Waals surface area contributed by atoms with Gasteiger partial charge in [-0.3, -0.25) is 9.59 Å². The monoisotopic (exact) mass is 241 g/mol. The van der Waals surface area contributed by atoms with Crippen LogP contribution in [0.4, 0.5) is 0 Å². The minimum atomic E-state index is -0.118. The van der Waals surface area contributed by atoms with Gasteiger partial charge in [-0.1, -0.05) is 20.3 Å². The van der Waals surface area contributed by atoms with E-state index in [1.165, 1.54) is 0 Å². The van der Waals surface area contributed by atoms with Crippen LogP contribution < -0.4 is 10.6 Å². The van der Waals surface area contributed by atoms with Crippen molar-refractivity contribution in [2.24, 2.45) is 0 Å². The van der Waals surface area contributed by atoms with Crippen molar-refractivity contribution in [2.45, 2.75) is 39.2 Å². The van der Waals surface area contributed by atoms with Gasteiger partial charge in [0, 0.05) is 19.6 Å². The number of carbonyl (C=O) groups is 2. The molecule has 2 amide bonds. The van der Waals surface area contributed by atoms with Crippen LogP contribution >= 0.6 is 0 Å². The third-order valence-corrected chi connectivity index (χ3v) is 2.98. The van der Waals surface area contributed by atoms with E-state index in [2.05, 4.69) is 17.6 Å². The van der Waals surface area contributed by atoms with Gasteiger partial charge in [-0.05, 0) is 12.8 Å². The molecule has 5 nitrogen and oxygen atoms in total. The zero-order valence-electron chi connectivity index (χ0n) is 10.8. The molecular weight excluding hydrogens is 218 g/mol. The maximum absolute atomic E-state index is 11.9. The second kappa shape index (κ2) is 7.27. The topological polar surface area (TPSA) is 61.4 Å². The summed E-state index contributed by atoms with van der Waals surface area (Å²) in [5.74, 6) is -0.00653. The lowest BCUT2D eigenvalue weighted by molar-refractivity contribution is -0.139. The zero-order valence-corrected chi connectivity index (χ0v) is 10.8. The highest BCUT2D eigenvalue weighted by Gasteiger charge is 2.27. The molecule has 1 atom stereocenters. The van der Waals surface area contributed by atoms with Gasteiger partial charge in [-0.25, -0.2) is 0 Å². The third-order valence-electron chi connectivity index (χ3n) is 2.98. The number of hydrogen-bond donors (Lipinski definition) is 2. The van der Waals surface area contributed by atoms with Crippen molar-refractivity contribution < 1.29 is 9.59 Å². The van der Waals surface area contributed by atoms with Crippen molar-refractivity contribution in [3.63, 3.8) is 0 Å². The van der Waals surface area contributed by atoms with E-state index >= 15 is 0 Å². The predicted molar refractivity (Wildman–Crippen MR) is 66.6 cm³/mol. The fourth-order valence-corrected chi connectivity index (χ4v) is 1.90. The Morgan fingerprint density at radius 3 is 2.94 bits per heavy atom. The number of rotatable bonds is 6. The Kier molecular flexibility index (Phi) is 5.97. The Morgan fingerprint density at radius 1 is 1.53 bits per heavy atom. The molecule has 1 heterocycles. The smallest absolute Gasteiger partial charge is 0.240 e. The Hall–Kier alpha value is -1.10. The van der Waals surface area contributed by atoms with E-state index in [1.807, 2.05) is 6.92 Å². The molecule has 5 heteroatoms. The van der Waals surface area contributed by atoms with Crippen LogP contribution in [-0.4, -0.2) is 48.9 Å². The Morgan fingerprint density at radius 2 is 2.29 bits per heavy atom. The van der Waals surface area contributed by atoms with Crippen molar-refractivity contribution >= 4 is 11.8 Å². The molecule has 1 aliphatic rings. The van der Waals surface area contributed by atoms with Crippen molar-refractivity contribution in [3.8, 4) is 0 Å². The van der Waals surface area contributed by atoms with E-state index in [4.69, 9.17) is 0 Å². The molecule has 0 bridgehead atoms. The van der Waals surface area contributed by atoms with Crippen molar-refractivity contribution in [3.05, 3.63) is 0 Å². The summed E-state index contributed by atoms with van der Waals surface area (Å²) in [6.07, 6.45) is 2.82. The average molecular weight is 241 g/mol. The molecule has 0 spiro atoms. The summed E-state index contributed by atoms with van der Waals surface area (Å²) >= 11 is 0. The molecule has 0 aromatic rings. The molecule has 1 unspecified atom stereocenters. The van der Waals surface area contributed by atoms with Gasteiger partial charge in [0.25, 0.3) is 0 Å². The van der Waals surface area contributed by atoms with E-state index < -0.39 is 0 Å². The highest BCUT2D eigenvalue weighted by molar-refractivity contribution is 5.88. The van der Waals surface area contributed by atoms with Gasteiger partial charge in [0.2, 0.25) is 11.8 Å². The Balaban J connectivity index is 2.34. The Labute approximate surface area is 103 Å². The minimum absolute atomic E-state index is 0.0457. The number of amides is 2. The van der Waals surface area contributed by atoms with Crippen LogP contribution in [0.2, 0.25) is 0 Å². The number of nitrogens with one attached hydrogen (secondary N) is 2. The van der Waals surface area contributed by atoms with E-state index in [0.29, 0.717) is 13.1 Å². The summed E-state index contributed by atoms with van der Waals surface area (Å²) in [7, 11) is 0. The van der Waals surface area contributed by atoms with Gasteiger partial charge in [-0.2, -0.15) is 0 Å². The van der Waals surface area contributed by atoms with Crippen molar-refractivity contribution in [1.29, 1.82) is 0 Å². The highest BCUT2D eigenvalue weighted by atomic mass is 16.2. The highest BCUT2D eigenvalue weighted by Crippen LogP contribution is 2.04. The summed E-state index contributed by atoms with van der Waals surface area (Å²) in [5.41, 5.74) is 0. The maximum Gasteiger partial charge on any atom is 0.240 e. The molecule has 98 valence electrons. The lowest BCUT2D eigenvalue weighted by Gasteiger charge is -2.32. The first-order chi connectivity index (χ1) is 8.19. The summed E-state index contributed by atoms with van der Waals surface area (Å²) in [5, 5.41) is 5.98.